The average Bonchev–Trinajstić information content (AvgIpc) is 2.39. The van der Waals surface area contributed by atoms with Crippen LogP contribution in [0.5, 0.6) is 5.75 Å². The molecule has 19 heavy (non-hydrogen) atoms. The molecule has 2 aromatic carbocycles. The van der Waals surface area contributed by atoms with Crippen LogP contribution in [0.4, 0.5) is 4.39 Å². The minimum atomic E-state index is -0.235. The van der Waals surface area contributed by atoms with E-state index in [1.807, 2.05) is 32.0 Å². The van der Waals surface area contributed by atoms with Crippen LogP contribution in [0.15, 0.2) is 48.5 Å². The van der Waals surface area contributed by atoms with Crippen LogP contribution in [0, 0.1) is 5.82 Å². The van der Waals surface area contributed by atoms with Gasteiger partial charge >= 0.3 is 0 Å². The highest BCUT2D eigenvalue weighted by molar-refractivity contribution is 5.34. The fraction of sp³-hybridized carbons (Fsp3) is 0.250. The summed E-state index contributed by atoms with van der Waals surface area (Å²) in [6.07, 6.45) is 0. The lowest BCUT2D eigenvalue weighted by molar-refractivity contribution is 0.438. The Bertz CT molecular complexity index is 556. The Hall–Kier alpha value is -1.87. The predicted octanol–water partition coefficient (Wildman–Crippen LogP) is 3.94. The van der Waals surface area contributed by atoms with Crippen molar-refractivity contribution in [1.82, 2.24) is 5.32 Å². The highest BCUT2D eigenvalue weighted by atomic mass is 19.1. The lowest BCUT2D eigenvalue weighted by atomic mass is 10.0. The molecule has 2 unspecified atom stereocenters. The second-order valence-electron chi connectivity index (χ2n) is 4.72. The first-order valence-electron chi connectivity index (χ1n) is 6.37. The molecule has 0 aromatic heterocycles. The smallest absolute Gasteiger partial charge is 0.123 e. The monoisotopic (exact) mass is 259 g/mol. The van der Waals surface area contributed by atoms with Crippen molar-refractivity contribution >= 4 is 0 Å². The lowest BCUT2D eigenvalue weighted by Gasteiger charge is -2.21. The van der Waals surface area contributed by atoms with Gasteiger partial charge in [0.25, 0.3) is 0 Å². The minimum absolute atomic E-state index is 0.00491. The highest BCUT2D eigenvalue weighted by Gasteiger charge is 2.13. The largest absolute Gasteiger partial charge is 0.508 e. The van der Waals surface area contributed by atoms with E-state index in [2.05, 4.69) is 5.32 Å². The maximum absolute atomic E-state index is 13.2. The Morgan fingerprint density at radius 3 is 2.42 bits per heavy atom. The van der Waals surface area contributed by atoms with E-state index in [-0.39, 0.29) is 23.7 Å². The van der Waals surface area contributed by atoms with Crippen LogP contribution in [-0.2, 0) is 0 Å². The molecule has 2 N–H and O–H groups in total. The summed E-state index contributed by atoms with van der Waals surface area (Å²) in [4.78, 5) is 0. The quantitative estimate of drug-likeness (QED) is 0.871. The highest BCUT2D eigenvalue weighted by Crippen LogP contribution is 2.26. The Kier molecular flexibility index (Phi) is 4.17. The van der Waals surface area contributed by atoms with E-state index in [0.29, 0.717) is 0 Å². The zero-order chi connectivity index (χ0) is 13.8. The second kappa shape index (κ2) is 5.85. The summed E-state index contributed by atoms with van der Waals surface area (Å²) in [6, 6.07) is 13.8. The molecule has 0 aliphatic carbocycles. The first-order chi connectivity index (χ1) is 9.08. The number of benzene rings is 2. The van der Waals surface area contributed by atoms with Crippen molar-refractivity contribution in [3.05, 3.63) is 65.5 Å². The summed E-state index contributed by atoms with van der Waals surface area (Å²) in [5, 5.41) is 13.2. The minimum Gasteiger partial charge on any atom is -0.508 e. The van der Waals surface area contributed by atoms with Gasteiger partial charge in [-0.3, -0.25) is 0 Å². The molecule has 2 aromatic rings. The van der Waals surface area contributed by atoms with Crippen LogP contribution >= 0.6 is 0 Å². The summed E-state index contributed by atoms with van der Waals surface area (Å²) >= 11 is 0. The maximum Gasteiger partial charge on any atom is 0.123 e. The van der Waals surface area contributed by atoms with E-state index in [1.54, 1.807) is 18.2 Å². The van der Waals surface area contributed by atoms with Crippen molar-refractivity contribution in [2.45, 2.75) is 25.9 Å². The van der Waals surface area contributed by atoms with Crippen LogP contribution in [0.25, 0.3) is 0 Å². The van der Waals surface area contributed by atoms with Crippen LogP contribution in [0.2, 0.25) is 0 Å². The molecule has 2 rings (SSSR count). The van der Waals surface area contributed by atoms with Gasteiger partial charge in [0.05, 0.1) is 0 Å². The number of hydrogen-bond donors (Lipinski definition) is 2. The summed E-state index contributed by atoms with van der Waals surface area (Å²) in [5.41, 5.74) is 1.73. The molecule has 2 nitrogen and oxygen atoms in total. The summed E-state index contributed by atoms with van der Waals surface area (Å²) in [7, 11) is 0. The third-order valence-electron chi connectivity index (χ3n) is 3.25. The number of nitrogens with one attached hydrogen (secondary N) is 1. The molecular formula is C16H18FNO. The van der Waals surface area contributed by atoms with Gasteiger partial charge in [-0.2, -0.15) is 0 Å². The third-order valence-corrected chi connectivity index (χ3v) is 3.25. The van der Waals surface area contributed by atoms with Crippen LogP contribution in [0.3, 0.4) is 0 Å². The van der Waals surface area contributed by atoms with Gasteiger partial charge in [-0.05, 0) is 37.6 Å². The zero-order valence-corrected chi connectivity index (χ0v) is 11.1. The molecule has 0 aliphatic rings. The van der Waals surface area contributed by atoms with E-state index < -0.39 is 0 Å². The molecule has 100 valence electrons. The van der Waals surface area contributed by atoms with E-state index in [9.17, 15) is 9.50 Å². The number of aromatic hydroxyl groups is 1. The fourth-order valence-corrected chi connectivity index (χ4v) is 2.19. The molecule has 3 heteroatoms. The van der Waals surface area contributed by atoms with Gasteiger partial charge in [0, 0.05) is 17.6 Å². The molecule has 0 saturated carbocycles. The summed E-state index contributed by atoms with van der Waals surface area (Å²) < 4.78 is 13.2. The number of phenols is 1. The number of halogens is 1. The number of hydrogen-bond acceptors (Lipinski definition) is 2. The molecule has 0 fully saturated rings. The Balaban J connectivity index is 2.11. The first-order valence-corrected chi connectivity index (χ1v) is 6.37. The van der Waals surface area contributed by atoms with Crippen LogP contribution < -0.4 is 5.32 Å². The van der Waals surface area contributed by atoms with E-state index in [0.717, 1.165) is 11.1 Å². The number of phenolic OH excluding ortho intramolecular Hbond substituents is 1. The van der Waals surface area contributed by atoms with Gasteiger partial charge in [-0.15, -0.1) is 0 Å². The molecular weight excluding hydrogens is 241 g/mol. The van der Waals surface area contributed by atoms with E-state index >= 15 is 0 Å². The van der Waals surface area contributed by atoms with Crippen molar-refractivity contribution < 1.29 is 9.50 Å². The fourth-order valence-electron chi connectivity index (χ4n) is 2.19. The molecule has 0 aliphatic heterocycles. The van der Waals surface area contributed by atoms with Gasteiger partial charge < -0.3 is 10.4 Å². The SMILES string of the molecule is CC(NC(C)c1ccccc1O)c1cccc(F)c1. The second-order valence-corrected chi connectivity index (χ2v) is 4.72. The average molecular weight is 259 g/mol. The third kappa shape index (κ3) is 3.32. The van der Waals surface area contributed by atoms with E-state index in [4.69, 9.17) is 0 Å². The van der Waals surface area contributed by atoms with Crippen molar-refractivity contribution in [2.24, 2.45) is 0 Å². The van der Waals surface area contributed by atoms with Crippen molar-refractivity contribution in [3.63, 3.8) is 0 Å². The molecule has 0 saturated heterocycles. The van der Waals surface area contributed by atoms with Crippen LogP contribution in [0.1, 0.15) is 37.1 Å². The van der Waals surface area contributed by atoms with Gasteiger partial charge in [0.1, 0.15) is 11.6 Å². The molecule has 0 bridgehead atoms. The standard InChI is InChI=1S/C16H18FNO/c1-11(13-6-5-7-14(17)10-13)18-12(2)15-8-3-4-9-16(15)19/h3-12,18-19H,1-2H3. The molecule has 0 spiro atoms. The van der Waals surface area contributed by atoms with E-state index in [1.165, 1.54) is 12.1 Å². The molecule has 2 atom stereocenters. The molecule has 0 amide bonds. The van der Waals surface area contributed by atoms with Crippen molar-refractivity contribution in [3.8, 4) is 5.75 Å². The summed E-state index contributed by atoms with van der Waals surface area (Å²) in [6.45, 7) is 3.95. The van der Waals surface area contributed by atoms with Crippen molar-refractivity contribution in [1.29, 1.82) is 0 Å². The van der Waals surface area contributed by atoms with Gasteiger partial charge in [0.15, 0.2) is 0 Å². The van der Waals surface area contributed by atoms with Gasteiger partial charge in [0.2, 0.25) is 0 Å². The van der Waals surface area contributed by atoms with Crippen LogP contribution in [-0.4, -0.2) is 5.11 Å². The first kappa shape index (κ1) is 13.6. The normalized spacial score (nSPS) is 14.1. The lowest BCUT2D eigenvalue weighted by Crippen LogP contribution is -2.22. The van der Waals surface area contributed by atoms with Crippen molar-refractivity contribution in [2.75, 3.05) is 0 Å². The molecule has 0 radical (unpaired) electrons. The Morgan fingerprint density at radius 2 is 1.74 bits per heavy atom. The van der Waals surface area contributed by atoms with Gasteiger partial charge in [-0.1, -0.05) is 30.3 Å². The number of para-hydroxylation sites is 1. The molecule has 0 heterocycles. The maximum atomic E-state index is 13.2. The van der Waals surface area contributed by atoms with Gasteiger partial charge in [-0.25, -0.2) is 4.39 Å². The Morgan fingerprint density at radius 1 is 1.00 bits per heavy atom. The number of rotatable bonds is 4. The topological polar surface area (TPSA) is 32.3 Å². The zero-order valence-electron chi connectivity index (χ0n) is 11.1. The summed E-state index contributed by atoms with van der Waals surface area (Å²) in [5.74, 6) is 0.0373. The Labute approximate surface area is 112 Å². The predicted molar refractivity (Wildman–Crippen MR) is 74.5 cm³/mol.